The van der Waals surface area contributed by atoms with Crippen molar-refractivity contribution in [1.29, 1.82) is 0 Å². The van der Waals surface area contributed by atoms with Crippen LogP contribution in [0.15, 0.2) is 42.6 Å². The van der Waals surface area contributed by atoms with Gasteiger partial charge in [0.1, 0.15) is 11.9 Å². The zero-order valence-corrected chi connectivity index (χ0v) is 13.2. The molecule has 3 aliphatic heterocycles. The molecule has 3 aliphatic rings. The molecule has 4 heterocycles. The zero-order valence-electron chi connectivity index (χ0n) is 12.4. The number of ether oxygens (including phenoxy) is 1. The van der Waals surface area contributed by atoms with Gasteiger partial charge in [-0.2, -0.15) is 0 Å². The first-order valence-corrected chi connectivity index (χ1v) is 8.27. The predicted molar refractivity (Wildman–Crippen MR) is 88.3 cm³/mol. The lowest BCUT2D eigenvalue weighted by molar-refractivity contribution is -0.00791. The number of hydrogen-bond donors (Lipinski definition) is 0. The van der Waals surface area contributed by atoms with E-state index in [4.69, 9.17) is 16.3 Å². The normalized spacial score (nSPS) is 26.9. The number of aromatic nitrogens is 1. The van der Waals surface area contributed by atoms with E-state index in [1.165, 1.54) is 25.9 Å². The number of hydrogen-bond acceptors (Lipinski definition) is 3. The molecule has 2 aromatic rings. The van der Waals surface area contributed by atoms with Crippen LogP contribution in [0.4, 0.5) is 0 Å². The predicted octanol–water partition coefficient (Wildman–Crippen LogP) is 3.88. The third kappa shape index (κ3) is 2.71. The summed E-state index contributed by atoms with van der Waals surface area (Å²) in [7, 11) is 0. The van der Waals surface area contributed by atoms with Crippen molar-refractivity contribution in [2.24, 2.45) is 5.92 Å². The Kier molecular flexibility index (Phi) is 3.77. The highest BCUT2D eigenvalue weighted by atomic mass is 35.5. The van der Waals surface area contributed by atoms with Gasteiger partial charge in [0.05, 0.1) is 11.9 Å². The molecule has 3 nitrogen and oxygen atoms in total. The van der Waals surface area contributed by atoms with Crippen molar-refractivity contribution >= 4 is 11.6 Å². The summed E-state index contributed by atoms with van der Waals surface area (Å²) in [6, 6.07) is 11.8. The number of halogens is 1. The SMILES string of the molecule is Clc1ccccc1-c1ccc(OC2CN3CCC2CC3)cn1. The van der Waals surface area contributed by atoms with E-state index in [-0.39, 0.29) is 0 Å². The van der Waals surface area contributed by atoms with Gasteiger partial charge in [0.15, 0.2) is 0 Å². The Morgan fingerprint density at radius 2 is 1.91 bits per heavy atom. The fraction of sp³-hybridized carbons (Fsp3) is 0.389. The summed E-state index contributed by atoms with van der Waals surface area (Å²) in [5.74, 6) is 1.56. The Hall–Kier alpha value is -1.58. The summed E-state index contributed by atoms with van der Waals surface area (Å²) in [5.41, 5.74) is 1.84. The molecule has 0 saturated carbocycles. The van der Waals surface area contributed by atoms with E-state index in [1.807, 2.05) is 42.6 Å². The Morgan fingerprint density at radius 1 is 1.09 bits per heavy atom. The molecule has 2 bridgehead atoms. The molecular formula is C18H19ClN2O. The van der Waals surface area contributed by atoms with Gasteiger partial charge in [-0.3, -0.25) is 9.88 Å². The molecule has 0 spiro atoms. The van der Waals surface area contributed by atoms with Crippen LogP contribution in [0, 0.1) is 5.92 Å². The largest absolute Gasteiger partial charge is 0.487 e. The van der Waals surface area contributed by atoms with Crippen LogP contribution in [0.5, 0.6) is 5.75 Å². The second kappa shape index (κ2) is 5.90. The van der Waals surface area contributed by atoms with Gasteiger partial charge in [0.2, 0.25) is 0 Å². The average molecular weight is 315 g/mol. The van der Waals surface area contributed by atoms with Gasteiger partial charge in [0.25, 0.3) is 0 Å². The second-order valence-electron chi connectivity index (χ2n) is 6.15. The maximum atomic E-state index is 6.22. The highest BCUT2D eigenvalue weighted by Crippen LogP contribution is 2.31. The lowest BCUT2D eigenvalue weighted by Gasteiger charge is -2.44. The van der Waals surface area contributed by atoms with E-state index in [0.29, 0.717) is 12.0 Å². The van der Waals surface area contributed by atoms with Gasteiger partial charge in [-0.15, -0.1) is 0 Å². The Morgan fingerprint density at radius 3 is 2.55 bits per heavy atom. The van der Waals surface area contributed by atoms with Crippen LogP contribution in [0.1, 0.15) is 12.8 Å². The van der Waals surface area contributed by atoms with Crippen molar-refractivity contribution < 1.29 is 4.74 Å². The van der Waals surface area contributed by atoms with Crippen molar-refractivity contribution in [3.63, 3.8) is 0 Å². The van der Waals surface area contributed by atoms with Crippen LogP contribution < -0.4 is 4.74 Å². The number of nitrogens with zero attached hydrogens (tertiary/aromatic N) is 2. The van der Waals surface area contributed by atoms with Gasteiger partial charge in [-0.25, -0.2) is 0 Å². The van der Waals surface area contributed by atoms with Gasteiger partial charge >= 0.3 is 0 Å². The Labute approximate surface area is 135 Å². The van der Waals surface area contributed by atoms with Crippen molar-refractivity contribution in [1.82, 2.24) is 9.88 Å². The molecule has 0 radical (unpaired) electrons. The number of fused-ring (bicyclic) bond motifs is 3. The molecule has 0 aliphatic carbocycles. The Balaban J connectivity index is 1.49. The average Bonchev–Trinajstić information content (AvgIpc) is 2.57. The summed E-state index contributed by atoms with van der Waals surface area (Å²) in [6.45, 7) is 3.51. The van der Waals surface area contributed by atoms with Crippen LogP contribution in [0.2, 0.25) is 5.02 Å². The molecule has 0 N–H and O–H groups in total. The highest BCUT2D eigenvalue weighted by molar-refractivity contribution is 6.33. The van der Waals surface area contributed by atoms with Crippen molar-refractivity contribution in [3.8, 4) is 17.0 Å². The fourth-order valence-corrected chi connectivity index (χ4v) is 3.73. The summed E-state index contributed by atoms with van der Waals surface area (Å²) >= 11 is 6.22. The molecule has 1 unspecified atom stereocenters. The van der Waals surface area contributed by atoms with Crippen molar-refractivity contribution in [2.75, 3.05) is 19.6 Å². The molecule has 114 valence electrons. The first-order chi connectivity index (χ1) is 10.8. The van der Waals surface area contributed by atoms with Crippen LogP contribution in [0.3, 0.4) is 0 Å². The molecule has 3 fully saturated rings. The number of benzene rings is 1. The van der Waals surface area contributed by atoms with Gasteiger partial charge < -0.3 is 4.74 Å². The van der Waals surface area contributed by atoms with Gasteiger partial charge in [-0.05, 0) is 50.0 Å². The van der Waals surface area contributed by atoms with Gasteiger partial charge in [0, 0.05) is 17.1 Å². The number of pyridine rings is 1. The van der Waals surface area contributed by atoms with Crippen LogP contribution in [-0.2, 0) is 0 Å². The topological polar surface area (TPSA) is 25.4 Å². The first-order valence-electron chi connectivity index (χ1n) is 7.89. The highest BCUT2D eigenvalue weighted by Gasteiger charge is 2.35. The third-order valence-electron chi connectivity index (χ3n) is 4.77. The summed E-state index contributed by atoms with van der Waals surface area (Å²) in [6.07, 6.45) is 4.65. The van der Waals surface area contributed by atoms with Crippen molar-refractivity contribution in [2.45, 2.75) is 18.9 Å². The second-order valence-corrected chi connectivity index (χ2v) is 6.56. The molecular weight excluding hydrogens is 296 g/mol. The van der Waals surface area contributed by atoms with E-state index in [2.05, 4.69) is 9.88 Å². The summed E-state index contributed by atoms with van der Waals surface area (Å²) in [4.78, 5) is 7.01. The fourth-order valence-electron chi connectivity index (χ4n) is 3.50. The van der Waals surface area contributed by atoms with Crippen molar-refractivity contribution in [3.05, 3.63) is 47.6 Å². The summed E-state index contributed by atoms with van der Waals surface area (Å²) < 4.78 is 6.17. The lowest BCUT2D eigenvalue weighted by Crippen LogP contribution is -2.52. The number of rotatable bonds is 3. The van der Waals surface area contributed by atoms with Crippen LogP contribution in [0.25, 0.3) is 11.3 Å². The quantitative estimate of drug-likeness (QED) is 0.860. The summed E-state index contributed by atoms with van der Waals surface area (Å²) in [5, 5.41) is 0.723. The smallest absolute Gasteiger partial charge is 0.138 e. The molecule has 4 heteroatoms. The van der Waals surface area contributed by atoms with Crippen LogP contribution >= 0.6 is 11.6 Å². The van der Waals surface area contributed by atoms with E-state index in [9.17, 15) is 0 Å². The maximum absolute atomic E-state index is 6.22. The monoisotopic (exact) mass is 314 g/mol. The van der Waals surface area contributed by atoms with E-state index >= 15 is 0 Å². The maximum Gasteiger partial charge on any atom is 0.138 e. The minimum atomic E-state index is 0.315. The van der Waals surface area contributed by atoms with E-state index < -0.39 is 0 Å². The van der Waals surface area contributed by atoms with E-state index in [0.717, 1.165) is 28.6 Å². The first kappa shape index (κ1) is 14.0. The molecule has 0 amide bonds. The molecule has 1 atom stereocenters. The third-order valence-corrected chi connectivity index (χ3v) is 5.10. The van der Waals surface area contributed by atoms with Crippen LogP contribution in [-0.4, -0.2) is 35.6 Å². The lowest BCUT2D eigenvalue weighted by atomic mass is 9.86. The molecule has 3 saturated heterocycles. The van der Waals surface area contributed by atoms with Gasteiger partial charge in [-0.1, -0.05) is 29.8 Å². The zero-order chi connectivity index (χ0) is 14.9. The number of piperidine rings is 3. The minimum Gasteiger partial charge on any atom is -0.487 e. The molecule has 5 rings (SSSR count). The minimum absolute atomic E-state index is 0.315. The molecule has 1 aromatic carbocycles. The Bertz CT molecular complexity index is 650. The standard InChI is InChI=1S/C18H19ClN2O/c19-16-4-2-1-3-15(16)17-6-5-14(11-20-17)22-18-12-21-9-7-13(18)8-10-21/h1-6,11,13,18H,7-10,12H2. The molecule has 1 aromatic heterocycles. The van der Waals surface area contributed by atoms with E-state index in [1.54, 1.807) is 0 Å². The molecule has 22 heavy (non-hydrogen) atoms.